The first-order valence-electron chi connectivity index (χ1n) is 9.44. The van der Waals surface area contributed by atoms with Crippen LogP contribution in [0.4, 0.5) is 9.39 Å². The lowest BCUT2D eigenvalue weighted by Crippen LogP contribution is -2.16. The summed E-state index contributed by atoms with van der Waals surface area (Å²) >= 11 is 8.45. The van der Waals surface area contributed by atoms with Gasteiger partial charge in [0.2, 0.25) is 5.91 Å². The van der Waals surface area contributed by atoms with Crippen molar-refractivity contribution >= 4 is 51.6 Å². The molecular formula is C20H20ClFN4O4S2. The summed E-state index contributed by atoms with van der Waals surface area (Å²) in [5.74, 6) is -0.319. The van der Waals surface area contributed by atoms with Gasteiger partial charge in [-0.1, -0.05) is 23.4 Å². The third-order valence-electron chi connectivity index (χ3n) is 4.11. The van der Waals surface area contributed by atoms with E-state index in [1.807, 2.05) is 6.92 Å². The van der Waals surface area contributed by atoms with Gasteiger partial charge in [0.05, 0.1) is 22.9 Å². The van der Waals surface area contributed by atoms with E-state index in [-0.39, 0.29) is 29.9 Å². The molecule has 0 aliphatic rings. The third kappa shape index (κ3) is 5.99. The van der Waals surface area contributed by atoms with E-state index in [1.54, 1.807) is 24.6 Å². The Morgan fingerprint density at radius 1 is 1.31 bits per heavy atom. The molecule has 0 atom stereocenters. The highest BCUT2D eigenvalue weighted by molar-refractivity contribution is 7.99. The maximum atomic E-state index is 13.1. The minimum atomic E-state index is -0.473. The van der Waals surface area contributed by atoms with Crippen LogP contribution in [0.2, 0.25) is 5.02 Å². The van der Waals surface area contributed by atoms with Gasteiger partial charge in [0.1, 0.15) is 23.2 Å². The number of esters is 1. The van der Waals surface area contributed by atoms with Crippen molar-refractivity contribution in [1.29, 1.82) is 0 Å². The van der Waals surface area contributed by atoms with Crippen molar-refractivity contribution in [2.45, 2.75) is 25.6 Å². The highest BCUT2D eigenvalue weighted by Gasteiger charge is 2.19. The minimum Gasteiger partial charge on any atom is -0.484 e. The van der Waals surface area contributed by atoms with Crippen molar-refractivity contribution in [3.63, 3.8) is 0 Å². The summed E-state index contributed by atoms with van der Waals surface area (Å²) in [5.41, 5.74) is 0.338. The molecule has 0 aliphatic heterocycles. The number of aromatic nitrogens is 3. The van der Waals surface area contributed by atoms with Crippen LogP contribution in [0.3, 0.4) is 0 Å². The van der Waals surface area contributed by atoms with Crippen LogP contribution >= 0.6 is 34.7 Å². The Morgan fingerprint density at radius 3 is 2.81 bits per heavy atom. The number of ether oxygens (including phenoxy) is 2. The molecule has 8 nitrogen and oxygen atoms in total. The molecule has 1 amide bonds. The molecule has 1 aromatic carbocycles. The summed E-state index contributed by atoms with van der Waals surface area (Å²) < 4.78 is 25.4. The quantitative estimate of drug-likeness (QED) is 0.343. The standard InChI is InChI=1S/C20H20ClFN4O4S2/c1-4-29-19(28)13-7-11(2)32-18(13)23-17(27)10-31-20-25-24-16(26(20)3)9-30-15-6-5-12(22)8-14(15)21/h5-8H,4,9-10H2,1-3H3,(H,23,27). The topological polar surface area (TPSA) is 95.3 Å². The van der Waals surface area contributed by atoms with Gasteiger partial charge in [0, 0.05) is 11.9 Å². The fraction of sp³-hybridized carbons (Fsp3) is 0.300. The number of aryl methyl sites for hydroxylation is 1. The van der Waals surface area contributed by atoms with Gasteiger partial charge in [0.25, 0.3) is 0 Å². The molecule has 0 spiro atoms. The number of carbonyl (C=O) groups is 2. The maximum Gasteiger partial charge on any atom is 0.341 e. The first kappa shape index (κ1) is 24.0. The number of benzene rings is 1. The number of amides is 1. The Labute approximate surface area is 197 Å². The number of thioether (sulfide) groups is 1. The molecule has 0 saturated heterocycles. The Morgan fingerprint density at radius 2 is 2.09 bits per heavy atom. The molecule has 32 heavy (non-hydrogen) atoms. The van der Waals surface area contributed by atoms with Crippen LogP contribution in [0.25, 0.3) is 0 Å². The second kappa shape index (κ2) is 10.8. The lowest BCUT2D eigenvalue weighted by Gasteiger charge is -2.08. The normalized spacial score (nSPS) is 10.8. The fourth-order valence-electron chi connectivity index (χ4n) is 2.59. The summed E-state index contributed by atoms with van der Waals surface area (Å²) in [7, 11) is 1.74. The van der Waals surface area contributed by atoms with E-state index in [2.05, 4.69) is 15.5 Å². The van der Waals surface area contributed by atoms with Crippen LogP contribution in [0.1, 0.15) is 28.0 Å². The highest BCUT2D eigenvalue weighted by atomic mass is 35.5. The maximum absolute atomic E-state index is 13.1. The molecule has 3 aromatic rings. The number of hydrogen-bond donors (Lipinski definition) is 1. The van der Waals surface area contributed by atoms with Crippen molar-refractivity contribution in [3.05, 3.63) is 51.4 Å². The Kier molecular flexibility index (Phi) is 8.10. The smallest absolute Gasteiger partial charge is 0.341 e. The number of halogens is 2. The van der Waals surface area contributed by atoms with Crippen LogP contribution in [-0.2, 0) is 23.2 Å². The lowest BCUT2D eigenvalue weighted by atomic mass is 10.3. The molecule has 3 rings (SSSR count). The summed E-state index contributed by atoms with van der Waals surface area (Å²) in [4.78, 5) is 25.4. The average Bonchev–Trinajstić information content (AvgIpc) is 3.28. The molecule has 2 heterocycles. The predicted molar refractivity (Wildman–Crippen MR) is 121 cm³/mol. The van der Waals surface area contributed by atoms with Gasteiger partial charge in [0.15, 0.2) is 11.0 Å². The minimum absolute atomic E-state index is 0.0653. The zero-order valence-electron chi connectivity index (χ0n) is 17.5. The fourth-order valence-corrected chi connectivity index (χ4v) is 4.46. The largest absolute Gasteiger partial charge is 0.484 e. The number of nitrogens with zero attached hydrogens (tertiary/aromatic N) is 3. The molecule has 170 valence electrons. The van der Waals surface area contributed by atoms with E-state index in [0.29, 0.717) is 27.3 Å². The first-order valence-corrected chi connectivity index (χ1v) is 11.6. The van der Waals surface area contributed by atoms with E-state index in [9.17, 15) is 14.0 Å². The number of anilines is 1. The van der Waals surface area contributed by atoms with Crippen LogP contribution in [0.15, 0.2) is 29.4 Å². The van der Waals surface area contributed by atoms with Crippen LogP contribution in [0.5, 0.6) is 5.75 Å². The molecule has 0 unspecified atom stereocenters. The average molecular weight is 499 g/mol. The second-order valence-corrected chi connectivity index (χ2v) is 9.08. The number of nitrogens with one attached hydrogen (secondary N) is 1. The Bertz CT molecular complexity index is 1140. The van der Waals surface area contributed by atoms with Crippen LogP contribution in [-0.4, -0.2) is 39.0 Å². The zero-order chi connectivity index (χ0) is 23.3. The molecular weight excluding hydrogens is 479 g/mol. The van der Waals surface area contributed by atoms with Crippen molar-refractivity contribution in [1.82, 2.24) is 14.8 Å². The summed E-state index contributed by atoms with van der Waals surface area (Å²) in [5, 5.41) is 12.0. The monoisotopic (exact) mass is 498 g/mol. The Hall–Kier alpha value is -2.63. The summed E-state index contributed by atoms with van der Waals surface area (Å²) in [6.07, 6.45) is 0. The molecule has 12 heteroatoms. The molecule has 0 saturated carbocycles. The molecule has 0 bridgehead atoms. The Balaban J connectivity index is 1.57. The molecule has 2 aromatic heterocycles. The number of rotatable bonds is 9. The highest BCUT2D eigenvalue weighted by Crippen LogP contribution is 2.29. The van der Waals surface area contributed by atoms with Crippen molar-refractivity contribution in [2.24, 2.45) is 7.05 Å². The lowest BCUT2D eigenvalue weighted by molar-refractivity contribution is -0.113. The van der Waals surface area contributed by atoms with Gasteiger partial charge in [-0.15, -0.1) is 21.5 Å². The first-order chi connectivity index (χ1) is 15.3. The van der Waals surface area contributed by atoms with Gasteiger partial charge < -0.3 is 19.4 Å². The second-order valence-electron chi connectivity index (χ2n) is 6.48. The van der Waals surface area contributed by atoms with Crippen LogP contribution in [0, 0.1) is 12.7 Å². The van der Waals surface area contributed by atoms with Crippen molar-refractivity contribution in [2.75, 3.05) is 17.7 Å². The van der Waals surface area contributed by atoms with E-state index in [0.717, 1.165) is 10.9 Å². The summed E-state index contributed by atoms with van der Waals surface area (Å²) in [6, 6.07) is 5.54. The van der Waals surface area contributed by atoms with E-state index >= 15 is 0 Å². The number of thiophene rings is 1. The van der Waals surface area contributed by atoms with Gasteiger partial charge >= 0.3 is 5.97 Å². The van der Waals surface area contributed by atoms with Gasteiger partial charge in [-0.3, -0.25) is 4.79 Å². The van der Waals surface area contributed by atoms with Crippen molar-refractivity contribution < 1.29 is 23.5 Å². The summed E-state index contributed by atoms with van der Waals surface area (Å²) in [6.45, 7) is 3.89. The third-order valence-corrected chi connectivity index (χ3v) is 6.39. The number of hydrogen-bond acceptors (Lipinski definition) is 8. The number of carbonyl (C=O) groups excluding carboxylic acids is 2. The predicted octanol–water partition coefficient (Wildman–Crippen LogP) is 4.46. The van der Waals surface area contributed by atoms with E-state index < -0.39 is 11.8 Å². The molecule has 0 fully saturated rings. The van der Waals surface area contributed by atoms with Crippen LogP contribution < -0.4 is 10.1 Å². The zero-order valence-corrected chi connectivity index (χ0v) is 19.9. The van der Waals surface area contributed by atoms with Gasteiger partial charge in [-0.2, -0.15) is 0 Å². The molecule has 0 aliphatic carbocycles. The molecule has 0 radical (unpaired) electrons. The van der Waals surface area contributed by atoms with Gasteiger partial charge in [-0.05, 0) is 38.1 Å². The van der Waals surface area contributed by atoms with Gasteiger partial charge in [-0.25, -0.2) is 9.18 Å². The van der Waals surface area contributed by atoms with Crippen molar-refractivity contribution in [3.8, 4) is 5.75 Å². The SMILES string of the molecule is CCOC(=O)c1cc(C)sc1NC(=O)CSc1nnc(COc2ccc(F)cc2Cl)n1C. The molecule has 1 N–H and O–H groups in total. The van der Waals surface area contributed by atoms with E-state index in [1.165, 1.54) is 35.2 Å². The van der Waals surface area contributed by atoms with E-state index in [4.69, 9.17) is 21.1 Å².